The van der Waals surface area contributed by atoms with Crippen LogP contribution in [-0.2, 0) is 9.53 Å². The quantitative estimate of drug-likeness (QED) is 0.884. The van der Waals surface area contributed by atoms with E-state index in [2.05, 4.69) is 10.4 Å². The highest BCUT2D eigenvalue weighted by Crippen LogP contribution is 2.22. The highest BCUT2D eigenvalue weighted by atomic mass is 16.5. The summed E-state index contributed by atoms with van der Waals surface area (Å²) in [5.74, 6) is -1.53. The first-order valence-electron chi connectivity index (χ1n) is 8.19. The van der Waals surface area contributed by atoms with E-state index in [1.165, 1.54) is 0 Å². The second-order valence-electron chi connectivity index (χ2n) is 6.37. The van der Waals surface area contributed by atoms with Crippen molar-refractivity contribution in [3.63, 3.8) is 0 Å². The van der Waals surface area contributed by atoms with E-state index in [0.29, 0.717) is 13.2 Å². The number of carboxylic acids is 1. The van der Waals surface area contributed by atoms with Crippen LogP contribution in [0.15, 0.2) is 30.3 Å². The molecule has 1 aromatic heterocycles. The summed E-state index contributed by atoms with van der Waals surface area (Å²) in [5.41, 5.74) is 1.68. The number of rotatable bonds is 4. The SMILES string of the molecule is Cc1ccc(-n2nc(C(=O)NC3(C(=O)O)CCOCC3)cc2C)cc1. The van der Waals surface area contributed by atoms with Gasteiger partial charge in [-0.1, -0.05) is 17.7 Å². The van der Waals surface area contributed by atoms with Crippen LogP contribution in [0.2, 0.25) is 0 Å². The molecule has 0 atom stereocenters. The molecule has 1 amide bonds. The van der Waals surface area contributed by atoms with Crippen LogP contribution < -0.4 is 5.32 Å². The van der Waals surface area contributed by atoms with Crippen LogP contribution in [0.3, 0.4) is 0 Å². The van der Waals surface area contributed by atoms with Gasteiger partial charge in [-0.2, -0.15) is 5.10 Å². The molecule has 0 spiro atoms. The van der Waals surface area contributed by atoms with Crippen LogP contribution in [0.4, 0.5) is 0 Å². The van der Waals surface area contributed by atoms with Gasteiger partial charge in [0.2, 0.25) is 0 Å². The number of benzene rings is 1. The van der Waals surface area contributed by atoms with Gasteiger partial charge in [-0.3, -0.25) is 4.79 Å². The number of aromatic nitrogens is 2. The minimum Gasteiger partial charge on any atom is -0.480 e. The lowest BCUT2D eigenvalue weighted by Gasteiger charge is -2.33. The van der Waals surface area contributed by atoms with E-state index in [0.717, 1.165) is 16.9 Å². The average molecular weight is 343 g/mol. The van der Waals surface area contributed by atoms with Gasteiger partial charge in [0.1, 0.15) is 5.54 Å². The van der Waals surface area contributed by atoms with Gasteiger partial charge in [-0.05, 0) is 32.0 Å². The molecule has 2 aromatic rings. The molecule has 25 heavy (non-hydrogen) atoms. The Labute approximate surface area is 145 Å². The lowest BCUT2D eigenvalue weighted by molar-refractivity contribution is -0.148. The fourth-order valence-corrected chi connectivity index (χ4v) is 2.93. The lowest BCUT2D eigenvalue weighted by Crippen LogP contribution is -2.57. The zero-order chi connectivity index (χ0) is 18.0. The van der Waals surface area contributed by atoms with E-state index in [-0.39, 0.29) is 18.5 Å². The zero-order valence-corrected chi connectivity index (χ0v) is 14.3. The predicted molar refractivity (Wildman–Crippen MR) is 90.9 cm³/mol. The number of nitrogens with zero attached hydrogens (tertiary/aromatic N) is 2. The first-order valence-corrected chi connectivity index (χ1v) is 8.19. The summed E-state index contributed by atoms with van der Waals surface area (Å²) < 4.78 is 6.89. The Bertz CT molecular complexity index is 789. The summed E-state index contributed by atoms with van der Waals surface area (Å²) in [6.45, 7) is 4.47. The van der Waals surface area contributed by atoms with Crippen molar-refractivity contribution < 1.29 is 19.4 Å². The summed E-state index contributed by atoms with van der Waals surface area (Å²) in [7, 11) is 0. The van der Waals surface area contributed by atoms with Gasteiger partial charge in [0.25, 0.3) is 5.91 Å². The maximum atomic E-state index is 12.6. The molecule has 2 N–H and O–H groups in total. The Balaban J connectivity index is 1.84. The van der Waals surface area contributed by atoms with E-state index in [1.54, 1.807) is 10.7 Å². The molecular formula is C18H21N3O4. The molecule has 132 valence electrons. The Kier molecular flexibility index (Phi) is 4.59. The van der Waals surface area contributed by atoms with Crippen LogP contribution in [0.5, 0.6) is 0 Å². The normalized spacial score (nSPS) is 16.4. The number of ether oxygens (including phenoxy) is 1. The second kappa shape index (κ2) is 6.68. The van der Waals surface area contributed by atoms with Crippen molar-refractivity contribution in [2.45, 2.75) is 32.2 Å². The second-order valence-corrected chi connectivity index (χ2v) is 6.37. The summed E-state index contributed by atoms with van der Waals surface area (Å²) in [5, 5.41) is 16.6. The fourth-order valence-electron chi connectivity index (χ4n) is 2.93. The molecule has 7 nitrogen and oxygen atoms in total. The van der Waals surface area contributed by atoms with Gasteiger partial charge in [-0.25, -0.2) is 9.48 Å². The number of nitrogens with one attached hydrogen (secondary N) is 1. The highest BCUT2D eigenvalue weighted by Gasteiger charge is 2.42. The summed E-state index contributed by atoms with van der Waals surface area (Å²) in [6, 6.07) is 9.45. The van der Waals surface area contributed by atoms with Crippen LogP contribution >= 0.6 is 0 Å². The monoisotopic (exact) mass is 343 g/mol. The molecule has 1 saturated heterocycles. The van der Waals surface area contributed by atoms with Crippen molar-refractivity contribution in [1.29, 1.82) is 0 Å². The average Bonchev–Trinajstić information content (AvgIpc) is 2.98. The number of hydrogen-bond donors (Lipinski definition) is 2. The highest BCUT2D eigenvalue weighted by molar-refractivity contribution is 5.96. The van der Waals surface area contributed by atoms with E-state index in [9.17, 15) is 14.7 Å². The van der Waals surface area contributed by atoms with Gasteiger partial charge in [0.15, 0.2) is 5.69 Å². The van der Waals surface area contributed by atoms with Gasteiger partial charge in [0, 0.05) is 31.7 Å². The van der Waals surface area contributed by atoms with Crippen molar-refractivity contribution in [2.75, 3.05) is 13.2 Å². The summed E-state index contributed by atoms with van der Waals surface area (Å²) in [6.07, 6.45) is 0.484. The summed E-state index contributed by atoms with van der Waals surface area (Å²) in [4.78, 5) is 24.3. The van der Waals surface area contributed by atoms with Crippen LogP contribution in [0.1, 0.15) is 34.6 Å². The Morgan fingerprint density at radius 3 is 2.44 bits per heavy atom. The van der Waals surface area contributed by atoms with E-state index < -0.39 is 17.4 Å². The predicted octanol–water partition coefficient (Wildman–Crippen LogP) is 1.85. The molecule has 1 aliphatic rings. The smallest absolute Gasteiger partial charge is 0.329 e. The van der Waals surface area contributed by atoms with Crippen molar-refractivity contribution in [1.82, 2.24) is 15.1 Å². The van der Waals surface area contributed by atoms with Crippen molar-refractivity contribution in [2.24, 2.45) is 0 Å². The fraction of sp³-hybridized carbons (Fsp3) is 0.389. The van der Waals surface area contributed by atoms with Crippen molar-refractivity contribution in [3.05, 3.63) is 47.3 Å². The first-order chi connectivity index (χ1) is 11.9. The third kappa shape index (κ3) is 3.41. The van der Waals surface area contributed by atoms with Crippen molar-refractivity contribution >= 4 is 11.9 Å². The zero-order valence-electron chi connectivity index (χ0n) is 14.3. The van der Waals surface area contributed by atoms with Gasteiger partial charge in [0.05, 0.1) is 5.69 Å². The molecule has 0 aliphatic carbocycles. The molecule has 0 unspecified atom stereocenters. The largest absolute Gasteiger partial charge is 0.480 e. The number of amides is 1. The molecule has 2 heterocycles. The maximum absolute atomic E-state index is 12.6. The molecule has 0 saturated carbocycles. The molecule has 1 aliphatic heterocycles. The number of aliphatic carboxylic acids is 1. The van der Waals surface area contributed by atoms with E-state index >= 15 is 0 Å². The van der Waals surface area contributed by atoms with Gasteiger partial charge in [-0.15, -0.1) is 0 Å². The van der Waals surface area contributed by atoms with E-state index in [1.807, 2.05) is 38.1 Å². The Morgan fingerprint density at radius 2 is 1.84 bits per heavy atom. The lowest BCUT2D eigenvalue weighted by atomic mass is 9.90. The maximum Gasteiger partial charge on any atom is 0.329 e. The standard InChI is InChI=1S/C18H21N3O4/c1-12-3-5-14(6-4-12)21-13(2)11-15(20-21)16(22)19-18(17(23)24)7-9-25-10-8-18/h3-6,11H,7-10H2,1-2H3,(H,19,22)(H,23,24). The number of carbonyl (C=O) groups is 2. The Hall–Kier alpha value is -2.67. The van der Waals surface area contributed by atoms with Gasteiger partial charge >= 0.3 is 5.97 Å². The molecule has 3 rings (SSSR count). The van der Waals surface area contributed by atoms with Crippen LogP contribution in [-0.4, -0.2) is 45.5 Å². The molecule has 1 fully saturated rings. The molecule has 0 radical (unpaired) electrons. The molecular weight excluding hydrogens is 322 g/mol. The molecule has 7 heteroatoms. The van der Waals surface area contributed by atoms with Gasteiger partial charge < -0.3 is 15.2 Å². The number of carbonyl (C=O) groups excluding carboxylic acids is 1. The minimum atomic E-state index is -1.29. The topological polar surface area (TPSA) is 93.5 Å². The third-order valence-corrected chi connectivity index (χ3v) is 4.51. The molecule has 0 bridgehead atoms. The Morgan fingerprint density at radius 1 is 1.20 bits per heavy atom. The van der Waals surface area contributed by atoms with Crippen LogP contribution in [0.25, 0.3) is 5.69 Å². The van der Waals surface area contributed by atoms with E-state index in [4.69, 9.17) is 4.74 Å². The van der Waals surface area contributed by atoms with Crippen LogP contribution in [0, 0.1) is 13.8 Å². The number of carboxylic acid groups (broad SMARTS) is 1. The van der Waals surface area contributed by atoms with Crippen molar-refractivity contribution in [3.8, 4) is 5.69 Å². The number of hydrogen-bond acceptors (Lipinski definition) is 4. The first kappa shape index (κ1) is 17.2. The number of aryl methyl sites for hydroxylation is 2. The summed E-state index contributed by atoms with van der Waals surface area (Å²) >= 11 is 0. The third-order valence-electron chi connectivity index (χ3n) is 4.51. The minimum absolute atomic E-state index is 0.199. The molecule has 1 aromatic carbocycles.